The van der Waals surface area contributed by atoms with Crippen molar-refractivity contribution < 1.29 is 14.3 Å². The van der Waals surface area contributed by atoms with Crippen LogP contribution < -0.4 is 0 Å². The molecule has 1 fully saturated rings. The van der Waals surface area contributed by atoms with Crippen LogP contribution in [0.15, 0.2) is 30.3 Å². The van der Waals surface area contributed by atoms with Crippen LogP contribution in [0.2, 0.25) is 0 Å². The molecule has 0 aromatic heterocycles. The molecular formula is C14H17NO3. The van der Waals surface area contributed by atoms with Crippen molar-refractivity contribution in [1.82, 2.24) is 4.90 Å². The van der Waals surface area contributed by atoms with E-state index in [1.54, 1.807) is 30.9 Å². The maximum absolute atomic E-state index is 12.1. The molecule has 1 aliphatic heterocycles. The molecule has 4 nitrogen and oxygen atoms in total. The number of amides is 1. The molecule has 2 rings (SSSR count). The Morgan fingerprint density at radius 2 is 1.83 bits per heavy atom. The molecule has 1 aromatic carbocycles. The first-order valence-electron chi connectivity index (χ1n) is 6.10. The molecule has 0 radical (unpaired) electrons. The molecule has 0 bridgehead atoms. The van der Waals surface area contributed by atoms with Crippen LogP contribution in [0.3, 0.4) is 0 Å². The van der Waals surface area contributed by atoms with Crippen molar-refractivity contribution >= 4 is 11.9 Å². The molecule has 1 aromatic rings. The zero-order chi connectivity index (χ0) is 13.3. The number of benzene rings is 1. The van der Waals surface area contributed by atoms with Gasteiger partial charge in [0.2, 0.25) is 0 Å². The standard InChI is InChI=1S/C14H17NO3/c1-9(2)18-14(17)12-10(3)15(12)13(16)11-7-5-4-6-8-11/h4-10,12H,1-3H3/t10-,12+,15?/m0/s1. The summed E-state index contributed by atoms with van der Waals surface area (Å²) in [5, 5.41) is 0. The minimum Gasteiger partial charge on any atom is -0.461 e. The Bertz CT molecular complexity index is 455. The van der Waals surface area contributed by atoms with Crippen molar-refractivity contribution in [2.45, 2.75) is 39.0 Å². The first-order valence-corrected chi connectivity index (χ1v) is 6.10. The van der Waals surface area contributed by atoms with Gasteiger partial charge in [-0.15, -0.1) is 0 Å². The Balaban J connectivity index is 2.04. The molecule has 1 saturated heterocycles. The summed E-state index contributed by atoms with van der Waals surface area (Å²) in [5.41, 5.74) is 0.601. The van der Waals surface area contributed by atoms with E-state index in [2.05, 4.69) is 0 Å². The van der Waals surface area contributed by atoms with Gasteiger partial charge >= 0.3 is 5.97 Å². The van der Waals surface area contributed by atoms with Gasteiger partial charge in [-0.3, -0.25) is 4.79 Å². The average molecular weight is 247 g/mol. The van der Waals surface area contributed by atoms with Gasteiger partial charge in [-0.2, -0.15) is 0 Å². The molecular weight excluding hydrogens is 230 g/mol. The van der Waals surface area contributed by atoms with E-state index in [9.17, 15) is 9.59 Å². The number of ether oxygens (including phenoxy) is 1. The van der Waals surface area contributed by atoms with Gasteiger partial charge in [-0.1, -0.05) is 18.2 Å². The third-order valence-electron chi connectivity index (χ3n) is 2.95. The Kier molecular flexibility index (Phi) is 3.36. The van der Waals surface area contributed by atoms with E-state index < -0.39 is 6.04 Å². The normalized spacial score (nSPS) is 21.9. The monoisotopic (exact) mass is 247 g/mol. The number of esters is 1. The van der Waals surface area contributed by atoms with Crippen LogP contribution >= 0.6 is 0 Å². The number of carbonyl (C=O) groups excluding carboxylic acids is 2. The minimum absolute atomic E-state index is 0.0797. The van der Waals surface area contributed by atoms with Gasteiger partial charge in [-0.05, 0) is 32.9 Å². The van der Waals surface area contributed by atoms with Crippen LogP contribution in [-0.2, 0) is 9.53 Å². The third-order valence-corrected chi connectivity index (χ3v) is 2.95. The first kappa shape index (κ1) is 12.6. The van der Waals surface area contributed by atoms with Crippen LogP contribution in [0.5, 0.6) is 0 Å². The summed E-state index contributed by atoms with van der Waals surface area (Å²) >= 11 is 0. The Labute approximate surface area is 107 Å². The SMILES string of the molecule is CC(C)OC(=O)[C@H]1[C@H](C)N1C(=O)c1ccccc1. The highest BCUT2D eigenvalue weighted by Gasteiger charge is 2.53. The molecule has 0 unspecified atom stereocenters. The summed E-state index contributed by atoms with van der Waals surface area (Å²) in [7, 11) is 0. The maximum atomic E-state index is 12.1. The largest absolute Gasteiger partial charge is 0.461 e. The fourth-order valence-electron chi connectivity index (χ4n) is 2.00. The second-order valence-corrected chi connectivity index (χ2v) is 4.75. The minimum atomic E-state index is -0.430. The topological polar surface area (TPSA) is 46.4 Å². The van der Waals surface area contributed by atoms with Crippen molar-refractivity contribution in [2.75, 3.05) is 0 Å². The van der Waals surface area contributed by atoms with Crippen molar-refractivity contribution in [2.24, 2.45) is 0 Å². The van der Waals surface area contributed by atoms with E-state index in [1.807, 2.05) is 25.1 Å². The van der Waals surface area contributed by atoms with Gasteiger partial charge in [0.05, 0.1) is 12.1 Å². The highest BCUT2D eigenvalue weighted by atomic mass is 16.5. The van der Waals surface area contributed by atoms with Gasteiger partial charge in [-0.25, -0.2) is 4.79 Å². The quantitative estimate of drug-likeness (QED) is 0.605. The molecule has 0 saturated carbocycles. The summed E-state index contributed by atoms with van der Waals surface area (Å²) in [6.45, 7) is 5.45. The fourth-order valence-corrected chi connectivity index (χ4v) is 2.00. The molecule has 2 atom stereocenters. The van der Waals surface area contributed by atoms with Crippen LogP contribution in [0.1, 0.15) is 31.1 Å². The second kappa shape index (κ2) is 4.80. The van der Waals surface area contributed by atoms with E-state index in [-0.39, 0.29) is 24.0 Å². The first-order chi connectivity index (χ1) is 8.52. The van der Waals surface area contributed by atoms with Crippen LogP contribution in [-0.4, -0.2) is 35.0 Å². The Morgan fingerprint density at radius 3 is 2.39 bits per heavy atom. The molecule has 0 spiro atoms. The number of carbonyl (C=O) groups is 2. The Morgan fingerprint density at radius 1 is 1.22 bits per heavy atom. The average Bonchev–Trinajstić information content (AvgIpc) is 3.00. The predicted octanol–water partition coefficient (Wildman–Crippen LogP) is 1.85. The van der Waals surface area contributed by atoms with E-state index in [4.69, 9.17) is 4.74 Å². The summed E-state index contributed by atoms with van der Waals surface area (Å²) < 4.78 is 5.13. The molecule has 96 valence electrons. The fraction of sp³-hybridized carbons (Fsp3) is 0.429. The number of nitrogens with zero attached hydrogens (tertiary/aromatic N) is 1. The van der Waals surface area contributed by atoms with Gasteiger partial charge in [0.15, 0.2) is 6.04 Å². The summed E-state index contributed by atoms with van der Waals surface area (Å²) in [6.07, 6.45) is -0.154. The van der Waals surface area contributed by atoms with Crippen LogP contribution in [0.4, 0.5) is 0 Å². The molecule has 1 aliphatic rings. The number of hydrogen-bond donors (Lipinski definition) is 0. The van der Waals surface area contributed by atoms with Gasteiger partial charge in [0, 0.05) is 5.56 Å². The zero-order valence-electron chi connectivity index (χ0n) is 10.8. The van der Waals surface area contributed by atoms with Gasteiger partial charge < -0.3 is 9.64 Å². The lowest BCUT2D eigenvalue weighted by atomic mass is 10.2. The van der Waals surface area contributed by atoms with E-state index in [1.165, 1.54) is 0 Å². The molecule has 1 amide bonds. The lowest BCUT2D eigenvalue weighted by Gasteiger charge is -2.07. The third kappa shape index (κ3) is 2.37. The van der Waals surface area contributed by atoms with Crippen molar-refractivity contribution in [3.05, 3.63) is 35.9 Å². The highest BCUT2D eigenvalue weighted by molar-refractivity contribution is 6.00. The molecule has 0 aliphatic carbocycles. The van der Waals surface area contributed by atoms with Gasteiger partial charge in [0.25, 0.3) is 5.91 Å². The van der Waals surface area contributed by atoms with Gasteiger partial charge in [0.1, 0.15) is 0 Å². The van der Waals surface area contributed by atoms with E-state index in [0.717, 1.165) is 0 Å². The molecule has 4 heteroatoms. The lowest BCUT2D eigenvalue weighted by Crippen LogP contribution is -2.23. The Hall–Kier alpha value is -1.84. The summed E-state index contributed by atoms with van der Waals surface area (Å²) in [4.78, 5) is 25.4. The summed E-state index contributed by atoms with van der Waals surface area (Å²) in [5.74, 6) is -0.435. The van der Waals surface area contributed by atoms with Crippen molar-refractivity contribution in [1.29, 1.82) is 0 Å². The molecule has 0 N–H and O–H groups in total. The number of hydrogen-bond acceptors (Lipinski definition) is 3. The highest BCUT2D eigenvalue weighted by Crippen LogP contribution is 2.31. The van der Waals surface area contributed by atoms with Crippen LogP contribution in [0, 0.1) is 0 Å². The number of rotatable bonds is 3. The van der Waals surface area contributed by atoms with E-state index in [0.29, 0.717) is 5.56 Å². The second-order valence-electron chi connectivity index (χ2n) is 4.75. The van der Waals surface area contributed by atoms with Crippen molar-refractivity contribution in [3.8, 4) is 0 Å². The maximum Gasteiger partial charge on any atom is 0.331 e. The van der Waals surface area contributed by atoms with Crippen molar-refractivity contribution in [3.63, 3.8) is 0 Å². The smallest absolute Gasteiger partial charge is 0.331 e. The zero-order valence-corrected chi connectivity index (χ0v) is 10.8. The molecule has 18 heavy (non-hydrogen) atoms. The molecule has 1 heterocycles. The van der Waals surface area contributed by atoms with Crippen LogP contribution in [0.25, 0.3) is 0 Å². The predicted molar refractivity (Wildman–Crippen MR) is 67.1 cm³/mol. The van der Waals surface area contributed by atoms with E-state index >= 15 is 0 Å². The summed E-state index contributed by atoms with van der Waals surface area (Å²) in [6, 6.07) is 8.46. The lowest BCUT2D eigenvalue weighted by molar-refractivity contribution is -0.147.